The van der Waals surface area contributed by atoms with E-state index in [-0.39, 0.29) is 0 Å². The smallest absolute Gasteiger partial charge is 0.0540 e. The summed E-state index contributed by atoms with van der Waals surface area (Å²) in [4.78, 5) is 2.44. The van der Waals surface area contributed by atoms with Gasteiger partial charge in [0.15, 0.2) is 0 Å². The van der Waals surface area contributed by atoms with Crippen LogP contribution in [0.15, 0.2) is 194 Å². The Kier molecular flexibility index (Phi) is 7.33. The maximum Gasteiger partial charge on any atom is 0.0540 e. The highest BCUT2D eigenvalue weighted by Crippen LogP contribution is 2.47. The molecule has 0 radical (unpaired) electrons. The zero-order valence-electron chi connectivity index (χ0n) is 30.3. The maximum absolute atomic E-state index is 2.44. The van der Waals surface area contributed by atoms with Crippen LogP contribution in [0.25, 0.3) is 85.5 Å². The molecule has 0 aliphatic carbocycles. The highest BCUT2D eigenvalue weighted by molar-refractivity contribution is 7.25. The third kappa shape index (κ3) is 5.06. The van der Waals surface area contributed by atoms with E-state index in [0.717, 1.165) is 11.4 Å². The molecule has 0 amide bonds. The Bertz CT molecular complexity index is 3220. The van der Waals surface area contributed by atoms with Crippen molar-refractivity contribution in [3.8, 4) is 22.3 Å². The van der Waals surface area contributed by atoms with Gasteiger partial charge in [-0.2, -0.15) is 0 Å². The predicted octanol–water partition coefficient (Wildman–Crippen LogP) is 15.8. The third-order valence-electron chi connectivity index (χ3n) is 11.4. The highest BCUT2D eigenvalue weighted by Gasteiger charge is 2.21. The van der Waals surface area contributed by atoms with Gasteiger partial charge in [0, 0.05) is 36.6 Å². The van der Waals surface area contributed by atoms with Crippen LogP contribution in [0, 0.1) is 6.92 Å². The number of hydrogen-bond acceptors (Lipinski definition) is 2. The lowest BCUT2D eigenvalue weighted by molar-refractivity contribution is 1.31. The molecule has 1 nitrogen and oxygen atoms in total. The summed E-state index contributed by atoms with van der Waals surface area (Å²) in [7, 11) is 0. The second-order valence-electron chi connectivity index (χ2n) is 14.5. The maximum atomic E-state index is 2.44. The molecule has 11 rings (SSSR count). The topological polar surface area (TPSA) is 3.24 Å². The summed E-state index contributed by atoms with van der Waals surface area (Å²) in [5.41, 5.74) is 9.73. The molecular formula is C53H35NS. The Labute approximate surface area is 324 Å². The second kappa shape index (κ2) is 12.7. The highest BCUT2D eigenvalue weighted by atomic mass is 32.1. The van der Waals surface area contributed by atoms with Crippen molar-refractivity contribution in [2.45, 2.75) is 6.92 Å². The molecule has 1 aromatic heterocycles. The number of rotatable bonds is 5. The number of aryl methyl sites for hydroxylation is 1. The quantitative estimate of drug-likeness (QED) is 0.160. The number of fused-ring (bicyclic) bond motifs is 7. The monoisotopic (exact) mass is 717 g/mol. The molecule has 0 unspecified atom stereocenters. The molecule has 0 atom stereocenters. The van der Waals surface area contributed by atoms with Crippen LogP contribution in [-0.2, 0) is 0 Å². The van der Waals surface area contributed by atoms with Gasteiger partial charge in [0.05, 0.1) is 11.4 Å². The molecule has 0 bridgehead atoms. The first-order valence-electron chi connectivity index (χ1n) is 18.9. The van der Waals surface area contributed by atoms with E-state index in [0.29, 0.717) is 0 Å². The number of anilines is 3. The minimum atomic E-state index is 1.12. The summed E-state index contributed by atoms with van der Waals surface area (Å²) >= 11 is 1.87. The van der Waals surface area contributed by atoms with Crippen LogP contribution in [0.3, 0.4) is 0 Å². The molecule has 0 fully saturated rings. The van der Waals surface area contributed by atoms with Crippen molar-refractivity contribution in [1.29, 1.82) is 0 Å². The van der Waals surface area contributed by atoms with Gasteiger partial charge in [-0.3, -0.25) is 0 Å². The minimum absolute atomic E-state index is 1.12. The van der Waals surface area contributed by atoms with E-state index in [1.54, 1.807) is 0 Å². The fourth-order valence-electron chi connectivity index (χ4n) is 8.85. The van der Waals surface area contributed by atoms with Crippen molar-refractivity contribution in [3.63, 3.8) is 0 Å². The summed E-state index contributed by atoms with van der Waals surface area (Å²) in [6.45, 7) is 2.20. The number of benzene rings is 10. The van der Waals surface area contributed by atoms with Gasteiger partial charge in [0.25, 0.3) is 0 Å². The Morgan fingerprint density at radius 2 is 0.855 bits per heavy atom. The normalized spacial score (nSPS) is 11.7. The first kappa shape index (κ1) is 31.8. The first-order chi connectivity index (χ1) is 27.2. The molecule has 0 saturated carbocycles. The van der Waals surface area contributed by atoms with Gasteiger partial charge in [0.1, 0.15) is 0 Å². The molecule has 10 aromatic carbocycles. The van der Waals surface area contributed by atoms with Gasteiger partial charge < -0.3 is 4.90 Å². The van der Waals surface area contributed by atoms with Crippen molar-refractivity contribution < 1.29 is 0 Å². The van der Waals surface area contributed by atoms with Crippen molar-refractivity contribution in [2.24, 2.45) is 0 Å². The third-order valence-corrected chi connectivity index (χ3v) is 12.5. The predicted molar refractivity (Wildman–Crippen MR) is 240 cm³/mol. The van der Waals surface area contributed by atoms with Crippen LogP contribution in [0.1, 0.15) is 5.56 Å². The van der Waals surface area contributed by atoms with Crippen LogP contribution >= 0.6 is 11.3 Å². The molecule has 0 saturated heterocycles. The van der Waals surface area contributed by atoms with Crippen molar-refractivity contribution in [3.05, 3.63) is 200 Å². The van der Waals surface area contributed by atoms with Crippen LogP contribution in [0.4, 0.5) is 17.1 Å². The van der Waals surface area contributed by atoms with Crippen LogP contribution < -0.4 is 4.90 Å². The van der Waals surface area contributed by atoms with E-state index in [1.807, 2.05) is 11.3 Å². The zero-order chi connectivity index (χ0) is 36.5. The summed E-state index contributed by atoms with van der Waals surface area (Å²) in [5, 5.41) is 12.7. The fourth-order valence-corrected chi connectivity index (χ4v) is 9.94. The van der Waals surface area contributed by atoms with Crippen LogP contribution in [-0.4, -0.2) is 0 Å². The summed E-state index contributed by atoms with van der Waals surface area (Å²) in [6, 6.07) is 71.6. The summed E-state index contributed by atoms with van der Waals surface area (Å²) in [6.07, 6.45) is 0. The summed E-state index contributed by atoms with van der Waals surface area (Å²) in [5.74, 6) is 0. The largest absolute Gasteiger partial charge is 0.309 e. The molecule has 11 aromatic rings. The minimum Gasteiger partial charge on any atom is -0.309 e. The molecular weight excluding hydrogens is 683 g/mol. The van der Waals surface area contributed by atoms with Gasteiger partial charge in [-0.05, 0) is 110 Å². The number of thiophene rings is 1. The average Bonchev–Trinajstić information content (AvgIpc) is 3.62. The molecule has 0 spiro atoms. The van der Waals surface area contributed by atoms with E-state index in [4.69, 9.17) is 0 Å². The lowest BCUT2D eigenvalue weighted by atomic mass is 9.85. The Hall–Kier alpha value is -6.74. The SMILES string of the molecule is Cc1ccc(N(c2ccc(-c3c4ccccc4c(-c4ccc5sc6ccccc6c5c4)c4ccccc34)cc2)c2cccc3ccccc23)c2ccccc12. The van der Waals surface area contributed by atoms with E-state index in [1.165, 1.54) is 96.8 Å². The molecule has 0 aliphatic rings. The van der Waals surface area contributed by atoms with Gasteiger partial charge >= 0.3 is 0 Å². The molecule has 0 N–H and O–H groups in total. The standard InChI is InChI=1S/C53H35NS/c1-34-25-31-49(41-17-5-4-15-39(34)41)54(48-23-12-14-35-13-2-3-16-40(35)48)38-29-26-36(27-30-38)52-43-19-6-8-21-45(43)53(46-22-9-7-20-44(46)52)37-28-32-51-47(33-37)42-18-10-11-24-50(42)55-51/h2-33H,1H3. The number of hydrogen-bond donors (Lipinski definition) is 0. The molecule has 1 heterocycles. The molecule has 0 aliphatic heterocycles. The van der Waals surface area contributed by atoms with Crippen LogP contribution in [0.2, 0.25) is 0 Å². The lowest BCUT2D eigenvalue weighted by Crippen LogP contribution is -2.11. The van der Waals surface area contributed by atoms with Gasteiger partial charge in [-0.15, -0.1) is 11.3 Å². The lowest BCUT2D eigenvalue weighted by Gasteiger charge is -2.28. The molecule has 258 valence electrons. The van der Waals surface area contributed by atoms with E-state index >= 15 is 0 Å². The van der Waals surface area contributed by atoms with Crippen molar-refractivity contribution in [2.75, 3.05) is 4.90 Å². The fraction of sp³-hybridized carbons (Fsp3) is 0.0189. The van der Waals surface area contributed by atoms with Crippen LogP contribution in [0.5, 0.6) is 0 Å². The zero-order valence-corrected chi connectivity index (χ0v) is 31.1. The average molecular weight is 718 g/mol. The first-order valence-corrected chi connectivity index (χ1v) is 19.7. The Balaban J connectivity index is 1.12. The molecule has 55 heavy (non-hydrogen) atoms. The van der Waals surface area contributed by atoms with Crippen molar-refractivity contribution in [1.82, 2.24) is 0 Å². The van der Waals surface area contributed by atoms with Gasteiger partial charge in [-0.1, -0.05) is 152 Å². The number of nitrogens with zero attached hydrogens (tertiary/aromatic N) is 1. The Morgan fingerprint density at radius 1 is 0.345 bits per heavy atom. The molecule has 2 heteroatoms. The van der Waals surface area contributed by atoms with Crippen molar-refractivity contribution >= 4 is 91.7 Å². The second-order valence-corrected chi connectivity index (χ2v) is 15.6. The van der Waals surface area contributed by atoms with E-state index in [2.05, 4.69) is 206 Å². The van der Waals surface area contributed by atoms with Gasteiger partial charge in [-0.25, -0.2) is 0 Å². The Morgan fingerprint density at radius 3 is 1.56 bits per heavy atom. The van der Waals surface area contributed by atoms with E-state index < -0.39 is 0 Å². The van der Waals surface area contributed by atoms with Gasteiger partial charge in [0.2, 0.25) is 0 Å². The van der Waals surface area contributed by atoms with E-state index in [9.17, 15) is 0 Å². The summed E-state index contributed by atoms with van der Waals surface area (Å²) < 4.78 is 2.66.